The molecule has 0 radical (unpaired) electrons. The highest BCUT2D eigenvalue weighted by Gasteiger charge is 2.21. The van der Waals surface area contributed by atoms with Gasteiger partial charge in [0.25, 0.3) is 5.91 Å². The van der Waals surface area contributed by atoms with Crippen LogP contribution in [-0.2, 0) is 6.42 Å². The number of nitrogens with zero attached hydrogens (tertiary/aromatic N) is 2. The van der Waals surface area contributed by atoms with Crippen molar-refractivity contribution in [1.82, 2.24) is 4.98 Å². The number of carbonyl (C=O) groups excluding carboxylic acids is 1. The van der Waals surface area contributed by atoms with E-state index in [2.05, 4.69) is 28.2 Å². The summed E-state index contributed by atoms with van der Waals surface area (Å²) in [6, 6.07) is 5.59. The number of nitrogens with one attached hydrogen (secondary N) is 1. The van der Waals surface area contributed by atoms with Crippen LogP contribution in [0.4, 0.5) is 10.7 Å². The highest BCUT2D eigenvalue weighted by molar-refractivity contribution is 7.18. The van der Waals surface area contributed by atoms with E-state index in [1.54, 1.807) is 36.8 Å². The van der Waals surface area contributed by atoms with Crippen molar-refractivity contribution in [3.8, 4) is 5.88 Å². The van der Waals surface area contributed by atoms with Crippen LogP contribution < -0.4 is 15.0 Å². The number of pyridine rings is 1. The predicted octanol–water partition coefficient (Wildman–Crippen LogP) is 3.96. The van der Waals surface area contributed by atoms with Crippen molar-refractivity contribution in [2.24, 2.45) is 0 Å². The normalized spacial score (nSPS) is 14.0. The second-order valence-corrected chi connectivity index (χ2v) is 6.96. The summed E-state index contributed by atoms with van der Waals surface area (Å²) in [6.45, 7) is 4.34. The van der Waals surface area contributed by atoms with Crippen molar-refractivity contribution >= 4 is 27.9 Å². The first-order chi connectivity index (χ1) is 11.7. The fourth-order valence-corrected chi connectivity index (χ4v) is 4.11. The number of rotatable bonds is 5. The van der Waals surface area contributed by atoms with Gasteiger partial charge in [0, 0.05) is 19.2 Å². The Morgan fingerprint density at radius 3 is 3.00 bits per heavy atom. The summed E-state index contributed by atoms with van der Waals surface area (Å²) in [6.07, 6.45) is 6.20. The fraction of sp³-hybridized carbons (Fsp3) is 0.444. The van der Waals surface area contributed by atoms with Crippen molar-refractivity contribution in [3.05, 3.63) is 34.8 Å². The first-order valence-corrected chi connectivity index (χ1v) is 9.22. The first-order valence-electron chi connectivity index (χ1n) is 8.40. The van der Waals surface area contributed by atoms with Gasteiger partial charge < -0.3 is 15.0 Å². The number of fused-ring (bicyclic) bond motifs is 1. The van der Waals surface area contributed by atoms with Crippen molar-refractivity contribution < 1.29 is 9.53 Å². The number of anilines is 2. The summed E-state index contributed by atoms with van der Waals surface area (Å²) < 4.78 is 5.03. The van der Waals surface area contributed by atoms with Crippen LogP contribution in [0.2, 0.25) is 0 Å². The van der Waals surface area contributed by atoms with Crippen LogP contribution in [0, 0.1) is 0 Å². The molecule has 0 saturated carbocycles. The molecule has 3 rings (SSSR count). The van der Waals surface area contributed by atoms with Gasteiger partial charge in [0.15, 0.2) is 0 Å². The van der Waals surface area contributed by atoms with Crippen molar-refractivity contribution in [3.63, 3.8) is 0 Å². The summed E-state index contributed by atoms with van der Waals surface area (Å²) in [5.74, 6) is 0.461. The summed E-state index contributed by atoms with van der Waals surface area (Å²) in [4.78, 5) is 19.9. The third kappa shape index (κ3) is 3.70. The van der Waals surface area contributed by atoms with Crippen LogP contribution >= 0.6 is 11.3 Å². The molecule has 0 saturated heterocycles. The van der Waals surface area contributed by atoms with E-state index in [0.29, 0.717) is 11.6 Å². The molecule has 3 heterocycles. The van der Waals surface area contributed by atoms with E-state index in [0.717, 1.165) is 30.8 Å². The Morgan fingerprint density at radius 1 is 1.42 bits per heavy atom. The number of amides is 1. The Kier molecular flexibility index (Phi) is 5.35. The van der Waals surface area contributed by atoms with E-state index >= 15 is 0 Å². The predicted molar refractivity (Wildman–Crippen MR) is 98.5 cm³/mol. The number of aryl methyl sites for hydroxylation is 1. The van der Waals surface area contributed by atoms with Gasteiger partial charge in [-0.3, -0.25) is 4.79 Å². The molecule has 0 atom stereocenters. The van der Waals surface area contributed by atoms with E-state index in [1.807, 2.05) is 0 Å². The maximum atomic E-state index is 12.6. The van der Waals surface area contributed by atoms with Crippen LogP contribution in [0.1, 0.15) is 41.4 Å². The van der Waals surface area contributed by atoms with Crippen molar-refractivity contribution in [1.29, 1.82) is 0 Å². The molecule has 6 heteroatoms. The van der Waals surface area contributed by atoms with Crippen LogP contribution in [0.5, 0.6) is 5.88 Å². The van der Waals surface area contributed by atoms with E-state index in [9.17, 15) is 4.79 Å². The zero-order valence-corrected chi connectivity index (χ0v) is 15.0. The van der Waals surface area contributed by atoms with Gasteiger partial charge in [-0.05, 0) is 43.4 Å². The lowest BCUT2D eigenvalue weighted by Gasteiger charge is -2.21. The lowest BCUT2D eigenvalue weighted by Crippen LogP contribution is -2.23. The number of thiophene rings is 1. The van der Waals surface area contributed by atoms with Gasteiger partial charge in [-0.15, -0.1) is 11.3 Å². The molecular formula is C18H23N3O2S. The smallest absolute Gasteiger partial charge is 0.265 e. The second-order valence-electron chi connectivity index (χ2n) is 5.93. The molecule has 24 heavy (non-hydrogen) atoms. The largest absolute Gasteiger partial charge is 0.481 e. The SMILES string of the molecule is CCCN1CCCCc2cc(C(=O)Nc3ccc(OC)nc3)sc21. The van der Waals surface area contributed by atoms with Gasteiger partial charge >= 0.3 is 0 Å². The Hall–Kier alpha value is -2.08. The highest BCUT2D eigenvalue weighted by Crippen LogP contribution is 2.35. The van der Waals surface area contributed by atoms with E-state index < -0.39 is 0 Å². The fourth-order valence-electron chi connectivity index (χ4n) is 2.95. The number of aromatic nitrogens is 1. The average molecular weight is 345 g/mol. The molecule has 128 valence electrons. The summed E-state index contributed by atoms with van der Waals surface area (Å²) in [7, 11) is 1.57. The Balaban J connectivity index is 1.76. The monoisotopic (exact) mass is 345 g/mol. The minimum absolute atomic E-state index is 0.0727. The van der Waals surface area contributed by atoms with Gasteiger partial charge in [-0.25, -0.2) is 4.98 Å². The van der Waals surface area contributed by atoms with Gasteiger partial charge in [-0.1, -0.05) is 6.92 Å². The number of carbonyl (C=O) groups is 1. The molecule has 5 nitrogen and oxygen atoms in total. The molecule has 2 aromatic heterocycles. The maximum Gasteiger partial charge on any atom is 0.265 e. The van der Waals surface area contributed by atoms with Crippen molar-refractivity contribution in [2.45, 2.75) is 32.6 Å². The number of ether oxygens (including phenoxy) is 1. The molecule has 0 bridgehead atoms. The third-order valence-electron chi connectivity index (χ3n) is 4.12. The molecular weight excluding hydrogens is 322 g/mol. The molecule has 1 N–H and O–H groups in total. The summed E-state index contributed by atoms with van der Waals surface area (Å²) in [5, 5.41) is 4.19. The minimum Gasteiger partial charge on any atom is -0.481 e. The van der Waals surface area contributed by atoms with E-state index in [4.69, 9.17) is 4.74 Å². The van der Waals surface area contributed by atoms with Crippen LogP contribution in [0.25, 0.3) is 0 Å². The molecule has 1 aliphatic rings. The third-order valence-corrected chi connectivity index (χ3v) is 5.36. The molecule has 1 amide bonds. The molecule has 1 aliphatic heterocycles. The lowest BCUT2D eigenvalue weighted by atomic mass is 10.1. The summed E-state index contributed by atoms with van der Waals surface area (Å²) >= 11 is 1.60. The molecule has 0 spiro atoms. The van der Waals surface area contributed by atoms with Crippen LogP contribution in [0.3, 0.4) is 0 Å². The number of hydrogen-bond donors (Lipinski definition) is 1. The zero-order valence-electron chi connectivity index (χ0n) is 14.2. The number of methoxy groups -OCH3 is 1. The van der Waals surface area contributed by atoms with Crippen LogP contribution in [-0.4, -0.2) is 31.1 Å². The van der Waals surface area contributed by atoms with E-state index in [-0.39, 0.29) is 5.91 Å². The Labute approximate surface area is 146 Å². The quantitative estimate of drug-likeness (QED) is 0.891. The van der Waals surface area contributed by atoms with Gasteiger partial charge in [0.1, 0.15) is 0 Å². The van der Waals surface area contributed by atoms with Gasteiger partial charge in [0.2, 0.25) is 5.88 Å². The molecule has 0 fully saturated rings. The first kappa shape index (κ1) is 16.8. The maximum absolute atomic E-state index is 12.6. The molecule has 2 aromatic rings. The molecule has 0 aromatic carbocycles. The molecule has 0 aliphatic carbocycles. The van der Waals surface area contributed by atoms with Crippen molar-refractivity contribution in [2.75, 3.05) is 30.4 Å². The lowest BCUT2D eigenvalue weighted by molar-refractivity contribution is 0.103. The summed E-state index contributed by atoms with van der Waals surface area (Å²) in [5.41, 5.74) is 1.98. The van der Waals surface area contributed by atoms with Crippen LogP contribution in [0.15, 0.2) is 24.4 Å². The standard InChI is InChI=1S/C18H23N3O2S/c1-3-9-21-10-5-4-6-13-11-15(24-18(13)21)17(22)20-14-7-8-16(23-2)19-12-14/h7-8,11-12H,3-6,9-10H2,1-2H3,(H,20,22). The highest BCUT2D eigenvalue weighted by atomic mass is 32.1. The number of hydrogen-bond acceptors (Lipinski definition) is 5. The van der Waals surface area contributed by atoms with Gasteiger partial charge in [-0.2, -0.15) is 0 Å². The molecule has 0 unspecified atom stereocenters. The second kappa shape index (κ2) is 7.66. The topological polar surface area (TPSA) is 54.5 Å². The van der Waals surface area contributed by atoms with E-state index in [1.165, 1.54) is 23.4 Å². The Morgan fingerprint density at radius 2 is 2.29 bits per heavy atom. The average Bonchev–Trinajstić information content (AvgIpc) is 2.94. The zero-order chi connectivity index (χ0) is 16.9. The van der Waals surface area contributed by atoms with Gasteiger partial charge in [0.05, 0.1) is 28.9 Å². The Bertz CT molecular complexity index is 697. The minimum atomic E-state index is -0.0727.